The first-order chi connectivity index (χ1) is 8.24. The van der Waals surface area contributed by atoms with E-state index in [1.54, 1.807) is 7.11 Å². The van der Waals surface area contributed by atoms with Crippen LogP contribution in [-0.4, -0.2) is 32.9 Å². The van der Waals surface area contributed by atoms with Gasteiger partial charge in [0.05, 0.1) is 19.3 Å². The lowest BCUT2D eigenvalue weighted by atomic mass is 10.1. The van der Waals surface area contributed by atoms with E-state index >= 15 is 0 Å². The average molecular weight is 237 g/mol. The molecule has 17 heavy (non-hydrogen) atoms. The molecule has 0 spiro atoms. The van der Waals surface area contributed by atoms with Crippen molar-refractivity contribution < 1.29 is 9.47 Å². The minimum atomic E-state index is 0.0914. The van der Waals surface area contributed by atoms with Crippen LogP contribution in [0.2, 0.25) is 0 Å². The van der Waals surface area contributed by atoms with Crippen LogP contribution in [0.4, 0.5) is 0 Å². The van der Waals surface area contributed by atoms with Crippen LogP contribution in [0, 0.1) is 0 Å². The van der Waals surface area contributed by atoms with Crippen molar-refractivity contribution in [2.24, 2.45) is 0 Å². The highest BCUT2D eigenvalue weighted by Gasteiger charge is 2.11. The van der Waals surface area contributed by atoms with Crippen LogP contribution in [0.3, 0.4) is 0 Å². The summed E-state index contributed by atoms with van der Waals surface area (Å²) in [5.41, 5.74) is 1.21. The van der Waals surface area contributed by atoms with Gasteiger partial charge in [-0.3, -0.25) is 0 Å². The second-order valence-electron chi connectivity index (χ2n) is 4.33. The van der Waals surface area contributed by atoms with Gasteiger partial charge in [-0.05, 0) is 5.56 Å². The Morgan fingerprint density at radius 1 is 1.12 bits per heavy atom. The molecule has 0 fully saturated rings. The molecule has 0 saturated carbocycles. The highest BCUT2D eigenvalue weighted by Crippen LogP contribution is 2.16. The van der Waals surface area contributed by atoms with Gasteiger partial charge in [0, 0.05) is 19.7 Å². The zero-order valence-corrected chi connectivity index (χ0v) is 11.0. The second kappa shape index (κ2) is 8.23. The summed E-state index contributed by atoms with van der Waals surface area (Å²) in [5.74, 6) is 0. The summed E-state index contributed by atoms with van der Waals surface area (Å²) >= 11 is 0. The molecule has 3 nitrogen and oxygen atoms in total. The van der Waals surface area contributed by atoms with Gasteiger partial charge in [-0.2, -0.15) is 0 Å². The van der Waals surface area contributed by atoms with Crippen molar-refractivity contribution in [1.82, 2.24) is 5.32 Å². The van der Waals surface area contributed by atoms with Gasteiger partial charge in [-0.1, -0.05) is 44.2 Å². The number of benzene rings is 1. The SMILES string of the molecule is COCCOC(CNC(C)C)c1ccccc1. The van der Waals surface area contributed by atoms with Crippen molar-refractivity contribution >= 4 is 0 Å². The Kier molecular flexibility index (Phi) is 6.86. The van der Waals surface area contributed by atoms with E-state index in [4.69, 9.17) is 9.47 Å². The standard InChI is InChI=1S/C14H23NO2/c1-12(2)15-11-14(17-10-9-16-3)13-7-5-4-6-8-13/h4-8,12,14-15H,9-11H2,1-3H3. The number of methoxy groups -OCH3 is 1. The first kappa shape index (κ1) is 14.2. The predicted molar refractivity (Wildman–Crippen MR) is 70.1 cm³/mol. The molecule has 0 aromatic heterocycles. The molecule has 0 aliphatic heterocycles. The van der Waals surface area contributed by atoms with Gasteiger partial charge in [0.2, 0.25) is 0 Å². The lowest BCUT2D eigenvalue weighted by molar-refractivity contribution is 0.0158. The van der Waals surface area contributed by atoms with E-state index in [2.05, 4.69) is 31.3 Å². The van der Waals surface area contributed by atoms with E-state index < -0.39 is 0 Å². The summed E-state index contributed by atoms with van der Waals surface area (Å²) in [6, 6.07) is 10.8. The van der Waals surface area contributed by atoms with E-state index in [1.165, 1.54) is 5.56 Å². The molecule has 1 rings (SSSR count). The molecule has 96 valence electrons. The maximum absolute atomic E-state index is 5.83. The molecular weight excluding hydrogens is 214 g/mol. The molecule has 1 N–H and O–H groups in total. The van der Waals surface area contributed by atoms with E-state index in [0.717, 1.165) is 6.54 Å². The summed E-state index contributed by atoms with van der Waals surface area (Å²) in [6.45, 7) is 6.35. The number of ether oxygens (including phenoxy) is 2. The lowest BCUT2D eigenvalue weighted by Gasteiger charge is -2.20. The molecule has 1 aromatic rings. The Morgan fingerprint density at radius 3 is 2.41 bits per heavy atom. The Hall–Kier alpha value is -0.900. The summed E-state index contributed by atoms with van der Waals surface area (Å²) in [6.07, 6.45) is 0.0914. The van der Waals surface area contributed by atoms with Gasteiger partial charge in [-0.25, -0.2) is 0 Å². The fourth-order valence-electron chi connectivity index (χ4n) is 1.56. The van der Waals surface area contributed by atoms with Crippen LogP contribution >= 0.6 is 0 Å². The fraction of sp³-hybridized carbons (Fsp3) is 0.571. The maximum atomic E-state index is 5.83. The largest absolute Gasteiger partial charge is 0.382 e. The molecule has 1 aromatic carbocycles. The van der Waals surface area contributed by atoms with Gasteiger partial charge in [0.25, 0.3) is 0 Å². The topological polar surface area (TPSA) is 30.5 Å². The summed E-state index contributed by atoms with van der Waals surface area (Å²) in [5, 5.41) is 3.41. The summed E-state index contributed by atoms with van der Waals surface area (Å²) < 4.78 is 10.8. The molecule has 0 radical (unpaired) electrons. The third-order valence-corrected chi connectivity index (χ3v) is 2.49. The van der Waals surface area contributed by atoms with Crippen molar-refractivity contribution in [2.75, 3.05) is 26.9 Å². The Bertz CT molecular complexity index is 288. The van der Waals surface area contributed by atoms with Crippen LogP contribution < -0.4 is 5.32 Å². The zero-order chi connectivity index (χ0) is 12.5. The van der Waals surface area contributed by atoms with Crippen molar-refractivity contribution in [1.29, 1.82) is 0 Å². The van der Waals surface area contributed by atoms with Crippen LogP contribution in [0.5, 0.6) is 0 Å². The van der Waals surface area contributed by atoms with Gasteiger partial charge >= 0.3 is 0 Å². The van der Waals surface area contributed by atoms with E-state index in [9.17, 15) is 0 Å². The molecule has 0 aliphatic carbocycles. The number of hydrogen-bond acceptors (Lipinski definition) is 3. The molecule has 3 heteroatoms. The number of rotatable bonds is 8. The highest BCUT2D eigenvalue weighted by atomic mass is 16.5. The molecule has 1 unspecified atom stereocenters. The first-order valence-corrected chi connectivity index (χ1v) is 6.13. The van der Waals surface area contributed by atoms with Crippen molar-refractivity contribution in [2.45, 2.75) is 26.0 Å². The van der Waals surface area contributed by atoms with Crippen molar-refractivity contribution in [3.05, 3.63) is 35.9 Å². The second-order valence-corrected chi connectivity index (χ2v) is 4.33. The van der Waals surface area contributed by atoms with Gasteiger partial charge in [0.15, 0.2) is 0 Å². The van der Waals surface area contributed by atoms with Crippen molar-refractivity contribution in [3.8, 4) is 0 Å². The number of nitrogens with one attached hydrogen (secondary N) is 1. The Balaban J connectivity index is 2.52. The molecule has 0 amide bonds. The van der Waals surface area contributed by atoms with E-state index in [-0.39, 0.29) is 6.10 Å². The average Bonchev–Trinajstić information content (AvgIpc) is 2.34. The quantitative estimate of drug-likeness (QED) is 0.704. The minimum absolute atomic E-state index is 0.0914. The lowest BCUT2D eigenvalue weighted by Crippen LogP contribution is -2.29. The molecule has 0 heterocycles. The first-order valence-electron chi connectivity index (χ1n) is 6.13. The van der Waals surface area contributed by atoms with Gasteiger partial charge in [-0.15, -0.1) is 0 Å². The van der Waals surface area contributed by atoms with E-state index in [1.807, 2.05) is 18.2 Å². The van der Waals surface area contributed by atoms with Crippen LogP contribution in [0.1, 0.15) is 25.5 Å². The third kappa shape index (κ3) is 5.82. The van der Waals surface area contributed by atoms with E-state index in [0.29, 0.717) is 19.3 Å². The predicted octanol–water partition coefficient (Wildman–Crippen LogP) is 2.39. The van der Waals surface area contributed by atoms with Crippen LogP contribution in [0.15, 0.2) is 30.3 Å². The van der Waals surface area contributed by atoms with Crippen LogP contribution in [0.25, 0.3) is 0 Å². The minimum Gasteiger partial charge on any atom is -0.382 e. The zero-order valence-electron chi connectivity index (χ0n) is 11.0. The molecular formula is C14H23NO2. The molecule has 0 saturated heterocycles. The van der Waals surface area contributed by atoms with Crippen molar-refractivity contribution in [3.63, 3.8) is 0 Å². The fourth-order valence-corrected chi connectivity index (χ4v) is 1.56. The number of hydrogen-bond donors (Lipinski definition) is 1. The van der Waals surface area contributed by atoms with Gasteiger partial charge in [0.1, 0.15) is 0 Å². The Labute approximate surface area is 104 Å². The summed E-state index contributed by atoms with van der Waals surface area (Å²) in [4.78, 5) is 0. The maximum Gasteiger partial charge on any atom is 0.0950 e. The third-order valence-electron chi connectivity index (χ3n) is 2.49. The smallest absolute Gasteiger partial charge is 0.0950 e. The molecule has 0 aliphatic rings. The highest BCUT2D eigenvalue weighted by molar-refractivity contribution is 5.17. The molecule has 0 bridgehead atoms. The monoisotopic (exact) mass is 237 g/mol. The van der Waals surface area contributed by atoms with Crippen LogP contribution in [-0.2, 0) is 9.47 Å². The Morgan fingerprint density at radius 2 is 1.82 bits per heavy atom. The normalized spacial score (nSPS) is 12.9. The van der Waals surface area contributed by atoms with Gasteiger partial charge < -0.3 is 14.8 Å². The molecule has 1 atom stereocenters. The summed E-state index contributed by atoms with van der Waals surface area (Å²) in [7, 11) is 1.69.